The number of carbonyl (C=O) groups excluding carboxylic acids is 1. The molecule has 0 aromatic carbocycles. The molecule has 3 heteroatoms. The van der Waals surface area contributed by atoms with E-state index >= 15 is 0 Å². The first-order valence-electron chi connectivity index (χ1n) is 3.38. The van der Waals surface area contributed by atoms with Gasteiger partial charge in [-0.15, -0.1) is 0 Å². The molecule has 2 nitrogen and oxygen atoms in total. The van der Waals surface area contributed by atoms with Gasteiger partial charge >= 0.3 is 0 Å². The van der Waals surface area contributed by atoms with Crippen molar-refractivity contribution < 1.29 is 13.9 Å². The highest BCUT2D eigenvalue weighted by atomic mass is 19.1. The summed E-state index contributed by atoms with van der Waals surface area (Å²) in [5, 5.41) is 0. The van der Waals surface area contributed by atoms with Gasteiger partial charge in [-0.2, -0.15) is 0 Å². The Kier molecular flexibility index (Phi) is 6.38. The number of hydrogen-bond acceptors (Lipinski definition) is 2. The third kappa shape index (κ3) is 5.69. The smallest absolute Gasteiger partial charge is 0.158 e. The molecule has 0 saturated heterocycles. The van der Waals surface area contributed by atoms with Crippen LogP contribution >= 0.6 is 0 Å². The van der Waals surface area contributed by atoms with Crippen LogP contribution in [0.1, 0.15) is 19.3 Å². The molecule has 0 heterocycles. The summed E-state index contributed by atoms with van der Waals surface area (Å²) in [6, 6.07) is 0. The van der Waals surface area contributed by atoms with Crippen LogP contribution in [0.15, 0.2) is 0 Å². The predicted molar refractivity (Wildman–Crippen MR) is 36.7 cm³/mol. The summed E-state index contributed by atoms with van der Waals surface area (Å²) in [6.07, 6.45) is 1.56. The lowest BCUT2D eigenvalue weighted by molar-refractivity contribution is -0.122. The molecule has 0 spiro atoms. The van der Waals surface area contributed by atoms with Gasteiger partial charge < -0.3 is 4.74 Å². The molecule has 0 atom stereocenters. The molecule has 0 bridgehead atoms. The van der Waals surface area contributed by atoms with Crippen molar-refractivity contribution in [2.75, 3.05) is 20.4 Å². The summed E-state index contributed by atoms with van der Waals surface area (Å²) in [4.78, 5) is 10.7. The van der Waals surface area contributed by atoms with Gasteiger partial charge in [-0.3, -0.25) is 9.18 Å². The lowest BCUT2D eigenvalue weighted by Crippen LogP contribution is -2.05. The van der Waals surface area contributed by atoms with E-state index in [0.717, 1.165) is 0 Å². The second kappa shape index (κ2) is 6.68. The summed E-state index contributed by atoms with van der Waals surface area (Å²) < 4.78 is 16.1. The zero-order valence-electron chi connectivity index (χ0n) is 6.23. The molecule has 0 aromatic rings. The fraction of sp³-hybridized carbons (Fsp3) is 0.857. The highest BCUT2D eigenvalue weighted by Crippen LogP contribution is 1.96. The Balaban J connectivity index is 3.05. The highest BCUT2D eigenvalue weighted by Gasteiger charge is 1.98. The number of unbranched alkanes of at least 4 members (excludes halogenated alkanes) is 1. The fourth-order valence-corrected chi connectivity index (χ4v) is 0.650. The van der Waals surface area contributed by atoms with Crippen molar-refractivity contribution >= 4 is 5.78 Å². The van der Waals surface area contributed by atoms with Crippen molar-refractivity contribution in [3.8, 4) is 0 Å². The summed E-state index contributed by atoms with van der Waals surface area (Å²) in [7, 11) is 1.48. The molecule has 0 radical (unpaired) electrons. The first kappa shape index (κ1) is 9.56. The van der Waals surface area contributed by atoms with Gasteiger partial charge in [0, 0.05) is 13.5 Å². The molecule has 0 aliphatic heterocycles. The minimum atomic E-state index is -0.333. The Labute approximate surface area is 60.4 Å². The first-order valence-corrected chi connectivity index (χ1v) is 3.38. The van der Waals surface area contributed by atoms with E-state index < -0.39 is 0 Å². The average Bonchev–Trinajstić information content (AvgIpc) is 1.89. The number of Topliss-reactive ketones (excluding diaryl/α,β-unsaturated/α-hetero) is 1. The van der Waals surface area contributed by atoms with E-state index in [4.69, 9.17) is 0 Å². The Hall–Kier alpha value is -0.440. The number of methoxy groups -OCH3 is 1. The van der Waals surface area contributed by atoms with Crippen molar-refractivity contribution in [2.45, 2.75) is 19.3 Å². The molecule has 60 valence electrons. The number of ether oxygens (including phenoxy) is 1. The predicted octanol–water partition coefficient (Wildman–Crippen LogP) is 1.34. The van der Waals surface area contributed by atoms with Crippen LogP contribution in [-0.4, -0.2) is 26.2 Å². The average molecular weight is 148 g/mol. The molecule has 0 fully saturated rings. The summed E-state index contributed by atoms with van der Waals surface area (Å²) in [5.74, 6) is 0.0518. The highest BCUT2D eigenvalue weighted by molar-refractivity contribution is 5.79. The second-order valence-electron chi connectivity index (χ2n) is 2.12. The molecular formula is C7H13FO2. The Morgan fingerprint density at radius 2 is 2.20 bits per heavy atom. The van der Waals surface area contributed by atoms with Gasteiger partial charge in [-0.1, -0.05) is 0 Å². The third-order valence-corrected chi connectivity index (χ3v) is 1.14. The van der Waals surface area contributed by atoms with Crippen LogP contribution < -0.4 is 0 Å². The lowest BCUT2D eigenvalue weighted by Gasteiger charge is -1.96. The van der Waals surface area contributed by atoms with Crippen LogP contribution in [0.4, 0.5) is 4.39 Å². The van der Waals surface area contributed by atoms with Crippen molar-refractivity contribution in [3.63, 3.8) is 0 Å². The number of hydrogen-bond donors (Lipinski definition) is 0. The summed E-state index contributed by atoms with van der Waals surface area (Å²) in [5.41, 5.74) is 0. The number of carbonyl (C=O) groups is 1. The van der Waals surface area contributed by atoms with E-state index in [1.165, 1.54) is 7.11 Å². The summed E-state index contributed by atoms with van der Waals surface area (Å²) in [6.45, 7) is -0.174. The molecule has 0 aromatic heterocycles. The molecule has 0 saturated carbocycles. The Bertz CT molecular complexity index is 93.6. The van der Waals surface area contributed by atoms with Crippen LogP contribution in [0.2, 0.25) is 0 Å². The topological polar surface area (TPSA) is 26.3 Å². The largest absolute Gasteiger partial charge is 0.377 e. The van der Waals surface area contributed by atoms with Gasteiger partial charge in [0.25, 0.3) is 0 Å². The van der Waals surface area contributed by atoms with E-state index in [-0.39, 0.29) is 19.1 Å². The van der Waals surface area contributed by atoms with Crippen LogP contribution in [-0.2, 0) is 9.53 Å². The lowest BCUT2D eigenvalue weighted by atomic mass is 10.2. The van der Waals surface area contributed by atoms with Crippen LogP contribution in [0.25, 0.3) is 0 Å². The van der Waals surface area contributed by atoms with Gasteiger partial charge in [0.05, 0.1) is 6.67 Å². The minimum Gasteiger partial charge on any atom is -0.377 e. The van der Waals surface area contributed by atoms with Gasteiger partial charge in [0.15, 0.2) is 5.78 Å². The van der Waals surface area contributed by atoms with Crippen LogP contribution in [0.5, 0.6) is 0 Å². The number of rotatable bonds is 6. The third-order valence-electron chi connectivity index (χ3n) is 1.14. The van der Waals surface area contributed by atoms with E-state index in [0.29, 0.717) is 19.3 Å². The van der Waals surface area contributed by atoms with Crippen molar-refractivity contribution in [3.05, 3.63) is 0 Å². The molecule has 0 N–H and O–H groups in total. The molecule has 0 aliphatic rings. The molecule has 0 amide bonds. The van der Waals surface area contributed by atoms with Crippen LogP contribution in [0.3, 0.4) is 0 Å². The maximum Gasteiger partial charge on any atom is 0.158 e. The SMILES string of the molecule is COCC(=O)CCCCF. The van der Waals surface area contributed by atoms with Crippen molar-refractivity contribution in [1.82, 2.24) is 0 Å². The van der Waals surface area contributed by atoms with Gasteiger partial charge in [-0.25, -0.2) is 0 Å². The molecule has 10 heavy (non-hydrogen) atoms. The summed E-state index contributed by atoms with van der Waals surface area (Å²) >= 11 is 0. The van der Waals surface area contributed by atoms with Crippen LogP contribution in [0, 0.1) is 0 Å². The molecular weight excluding hydrogens is 135 g/mol. The second-order valence-corrected chi connectivity index (χ2v) is 2.12. The number of ketones is 1. The normalized spacial score (nSPS) is 9.80. The van der Waals surface area contributed by atoms with E-state index in [1.807, 2.05) is 0 Å². The standard InChI is InChI=1S/C7H13FO2/c1-10-6-7(9)4-2-3-5-8/h2-6H2,1H3. The maximum atomic E-state index is 11.5. The monoisotopic (exact) mass is 148 g/mol. The number of halogens is 1. The zero-order chi connectivity index (χ0) is 7.82. The molecule has 0 unspecified atom stereocenters. The van der Waals surface area contributed by atoms with E-state index in [2.05, 4.69) is 4.74 Å². The molecule has 0 rings (SSSR count). The van der Waals surface area contributed by atoms with Gasteiger partial charge in [0.1, 0.15) is 6.61 Å². The van der Waals surface area contributed by atoms with Crippen molar-refractivity contribution in [2.24, 2.45) is 0 Å². The fourth-order valence-electron chi connectivity index (χ4n) is 0.650. The minimum absolute atomic E-state index is 0.0518. The van der Waals surface area contributed by atoms with Gasteiger partial charge in [-0.05, 0) is 12.8 Å². The first-order chi connectivity index (χ1) is 4.81. The quantitative estimate of drug-likeness (QED) is 0.531. The van der Waals surface area contributed by atoms with Crippen molar-refractivity contribution in [1.29, 1.82) is 0 Å². The van der Waals surface area contributed by atoms with Gasteiger partial charge in [0.2, 0.25) is 0 Å². The Morgan fingerprint density at radius 3 is 2.70 bits per heavy atom. The Morgan fingerprint density at radius 1 is 1.50 bits per heavy atom. The maximum absolute atomic E-state index is 11.5. The number of alkyl halides is 1. The zero-order valence-corrected chi connectivity index (χ0v) is 6.23. The molecule has 0 aliphatic carbocycles. The van der Waals surface area contributed by atoms with E-state index in [9.17, 15) is 9.18 Å². The van der Waals surface area contributed by atoms with E-state index in [1.54, 1.807) is 0 Å².